The van der Waals surface area contributed by atoms with Crippen molar-refractivity contribution >= 4 is 5.82 Å². The summed E-state index contributed by atoms with van der Waals surface area (Å²) in [7, 11) is 0. The second-order valence-corrected chi connectivity index (χ2v) is 3.25. The van der Waals surface area contributed by atoms with Gasteiger partial charge >= 0.3 is 0 Å². The highest BCUT2D eigenvalue weighted by atomic mass is 19.2. The molecule has 0 fully saturated rings. The van der Waals surface area contributed by atoms with Crippen molar-refractivity contribution in [2.75, 3.05) is 11.9 Å². The second-order valence-electron chi connectivity index (χ2n) is 3.25. The van der Waals surface area contributed by atoms with Gasteiger partial charge in [0, 0.05) is 12.6 Å². The van der Waals surface area contributed by atoms with Gasteiger partial charge in [-0.25, -0.2) is 8.78 Å². The highest BCUT2D eigenvalue weighted by molar-refractivity contribution is 5.36. The van der Waals surface area contributed by atoms with Crippen LogP contribution in [0.25, 0.3) is 0 Å². The molecule has 0 aliphatic heterocycles. The zero-order chi connectivity index (χ0) is 11.4. The predicted octanol–water partition coefficient (Wildman–Crippen LogP) is 2.88. The van der Waals surface area contributed by atoms with E-state index in [2.05, 4.69) is 10.3 Å². The van der Waals surface area contributed by atoms with E-state index in [1.807, 2.05) is 13.8 Å². The van der Waals surface area contributed by atoms with Gasteiger partial charge in [-0.3, -0.25) is 0 Å². The Morgan fingerprint density at radius 3 is 2.60 bits per heavy atom. The van der Waals surface area contributed by atoms with Crippen LogP contribution in [0.5, 0.6) is 0 Å². The summed E-state index contributed by atoms with van der Waals surface area (Å²) in [6.07, 6.45) is 1.78. The molecule has 0 unspecified atom stereocenters. The molecule has 1 N–H and O–H groups in total. The lowest BCUT2D eigenvalue weighted by Crippen LogP contribution is -2.06. The first-order valence-electron chi connectivity index (χ1n) is 4.39. The SMILES string of the molecule is CC(C)=CCNc1nc(F)c(F)cc1F. The quantitative estimate of drug-likeness (QED) is 0.620. The lowest BCUT2D eigenvalue weighted by atomic mass is 10.3. The first kappa shape index (κ1) is 11.6. The first-order valence-corrected chi connectivity index (χ1v) is 4.39. The van der Waals surface area contributed by atoms with E-state index in [4.69, 9.17) is 0 Å². The third kappa shape index (κ3) is 3.27. The number of pyridine rings is 1. The Morgan fingerprint density at radius 2 is 2.00 bits per heavy atom. The number of halogens is 3. The fraction of sp³-hybridized carbons (Fsp3) is 0.300. The van der Waals surface area contributed by atoms with E-state index in [1.165, 1.54) is 0 Å². The molecule has 0 aliphatic rings. The third-order valence-electron chi connectivity index (χ3n) is 1.67. The van der Waals surface area contributed by atoms with E-state index >= 15 is 0 Å². The second kappa shape index (κ2) is 4.82. The summed E-state index contributed by atoms with van der Waals surface area (Å²) in [6.45, 7) is 4.06. The van der Waals surface area contributed by atoms with Gasteiger partial charge in [0.1, 0.15) is 0 Å². The van der Waals surface area contributed by atoms with Crippen LogP contribution in [0.2, 0.25) is 0 Å². The highest BCUT2D eigenvalue weighted by Gasteiger charge is 2.10. The lowest BCUT2D eigenvalue weighted by Gasteiger charge is -2.04. The number of hydrogen-bond acceptors (Lipinski definition) is 2. The molecule has 0 saturated heterocycles. The summed E-state index contributed by atoms with van der Waals surface area (Å²) in [5.74, 6) is -3.79. The van der Waals surface area contributed by atoms with Gasteiger partial charge in [-0.15, -0.1) is 0 Å². The minimum absolute atomic E-state index is 0.286. The Labute approximate surface area is 85.8 Å². The number of hydrogen-bond donors (Lipinski definition) is 1. The van der Waals surface area contributed by atoms with Crippen LogP contribution >= 0.6 is 0 Å². The topological polar surface area (TPSA) is 24.9 Å². The zero-order valence-corrected chi connectivity index (χ0v) is 8.44. The van der Waals surface area contributed by atoms with Gasteiger partial charge in [0.05, 0.1) is 0 Å². The van der Waals surface area contributed by atoms with Gasteiger partial charge in [-0.05, 0) is 13.8 Å². The molecule has 0 spiro atoms. The highest BCUT2D eigenvalue weighted by Crippen LogP contribution is 2.13. The van der Waals surface area contributed by atoms with Crippen LogP contribution in [0.15, 0.2) is 17.7 Å². The lowest BCUT2D eigenvalue weighted by molar-refractivity contribution is 0.466. The van der Waals surface area contributed by atoms with E-state index in [0.29, 0.717) is 12.6 Å². The summed E-state index contributed by atoms with van der Waals surface area (Å²) in [5, 5.41) is 2.54. The molecule has 0 aromatic carbocycles. The van der Waals surface area contributed by atoms with E-state index in [1.54, 1.807) is 6.08 Å². The van der Waals surface area contributed by atoms with Crippen molar-refractivity contribution in [1.82, 2.24) is 4.98 Å². The molecule has 0 atom stereocenters. The maximum absolute atomic E-state index is 13.0. The Morgan fingerprint density at radius 1 is 1.33 bits per heavy atom. The molecule has 2 nitrogen and oxygen atoms in total. The fourth-order valence-corrected chi connectivity index (χ4v) is 0.920. The van der Waals surface area contributed by atoms with Crippen molar-refractivity contribution in [2.45, 2.75) is 13.8 Å². The number of rotatable bonds is 3. The summed E-state index contributed by atoms with van der Waals surface area (Å²) in [5.41, 5.74) is 1.03. The zero-order valence-electron chi connectivity index (χ0n) is 8.44. The van der Waals surface area contributed by atoms with Crippen molar-refractivity contribution in [3.63, 3.8) is 0 Å². The molecule has 0 amide bonds. The molecular weight excluding hydrogens is 205 g/mol. The predicted molar refractivity (Wildman–Crippen MR) is 52.0 cm³/mol. The van der Waals surface area contributed by atoms with E-state index < -0.39 is 17.6 Å². The molecule has 0 aliphatic carbocycles. The minimum atomic E-state index is -1.31. The molecule has 5 heteroatoms. The average Bonchev–Trinajstić information content (AvgIpc) is 2.13. The minimum Gasteiger partial charge on any atom is -0.364 e. The molecule has 0 saturated carbocycles. The number of aromatic nitrogens is 1. The van der Waals surface area contributed by atoms with Crippen LogP contribution < -0.4 is 5.32 Å². The van der Waals surface area contributed by atoms with Gasteiger partial charge in [-0.2, -0.15) is 9.37 Å². The van der Waals surface area contributed by atoms with Crippen LogP contribution in [0.1, 0.15) is 13.8 Å². The van der Waals surface area contributed by atoms with Crippen molar-refractivity contribution in [2.24, 2.45) is 0 Å². The molecule has 15 heavy (non-hydrogen) atoms. The molecular formula is C10H11F3N2. The monoisotopic (exact) mass is 216 g/mol. The van der Waals surface area contributed by atoms with Crippen LogP contribution in [0.3, 0.4) is 0 Å². The van der Waals surface area contributed by atoms with Gasteiger partial charge in [0.25, 0.3) is 5.95 Å². The summed E-state index contributed by atoms with van der Waals surface area (Å²) < 4.78 is 38.1. The van der Waals surface area contributed by atoms with E-state index in [-0.39, 0.29) is 5.82 Å². The summed E-state index contributed by atoms with van der Waals surface area (Å²) in [6, 6.07) is 0.465. The van der Waals surface area contributed by atoms with Crippen LogP contribution in [-0.4, -0.2) is 11.5 Å². The molecule has 1 aromatic heterocycles. The Balaban J connectivity index is 2.77. The molecule has 0 bridgehead atoms. The van der Waals surface area contributed by atoms with E-state index in [0.717, 1.165) is 5.57 Å². The van der Waals surface area contributed by atoms with Crippen molar-refractivity contribution in [1.29, 1.82) is 0 Å². The number of nitrogens with zero attached hydrogens (tertiary/aromatic N) is 1. The third-order valence-corrected chi connectivity index (χ3v) is 1.67. The molecule has 0 radical (unpaired) electrons. The van der Waals surface area contributed by atoms with Crippen molar-refractivity contribution in [3.8, 4) is 0 Å². The Kier molecular flexibility index (Phi) is 3.71. The molecule has 82 valence electrons. The van der Waals surface area contributed by atoms with Crippen LogP contribution in [0.4, 0.5) is 19.0 Å². The van der Waals surface area contributed by atoms with Gasteiger partial charge in [-0.1, -0.05) is 11.6 Å². The maximum Gasteiger partial charge on any atom is 0.251 e. The van der Waals surface area contributed by atoms with Crippen molar-refractivity contribution < 1.29 is 13.2 Å². The number of nitrogens with one attached hydrogen (secondary N) is 1. The average molecular weight is 216 g/mol. The summed E-state index contributed by atoms with van der Waals surface area (Å²) >= 11 is 0. The number of allylic oxidation sites excluding steroid dienone is 1. The smallest absolute Gasteiger partial charge is 0.251 e. The van der Waals surface area contributed by atoms with Crippen molar-refractivity contribution in [3.05, 3.63) is 35.3 Å². The Hall–Kier alpha value is -1.52. The standard InChI is InChI=1S/C10H11F3N2/c1-6(2)3-4-14-10-8(12)5-7(11)9(13)15-10/h3,5H,4H2,1-2H3,(H,14,15). The normalized spacial score (nSPS) is 9.93. The molecule has 1 aromatic rings. The molecule has 1 heterocycles. The summed E-state index contributed by atoms with van der Waals surface area (Å²) in [4.78, 5) is 3.11. The maximum atomic E-state index is 13.0. The van der Waals surface area contributed by atoms with Gasteiger partial charge < -0.3 is 5.32 Å². The van der Waals surface area contributed by atoms with Crippen LogP contribution in [-0.2, 0) is 0 Å². The van der Waals surface area contributed by atoms with Gasteiger partial charge in [0.15, 0.2) is 17.5 Å². The Bertz CT molecular complexity index is 384. The number of anilines is 1. The van der Waals surface area contributed by atoms with E-state index in [9.17, 15) is 13.2 Å². The fourth-order valence-electron chi connectivity index (χ4n) is 0.920. The largest absolute Gasteiger partial charge is 0.364 e. The molecule has 1 rings (SSSR count). The van der Waals surface area contributed by atoms with Crippen LogP contribution in [0, 0.1) is 17.6 Å². The van der Waals surface area contributed by atoms with Gasteiger partial charge in [0.2, 0.25) is 0 Å². The first-order chi connectivity index (χ1) is 7.00.